The Morgan fingerprint density at radius 2 is 1.80 bits per heavy atom. The van der Waals surface area contributed by atoms with E-state index in [1.165, 1.54) is 12.8 Å². The second-order valence-corrected chi connectivity index (χ2v) is 6.18. The standard InChI is InChI=1S/C12H22BrNO/c1-12(2,3)9-4-6-10(7-5-9)14-11(15)8-13/h9-10H,4-8H2,1-3H3,(H,14,15). The molecule has 0 unspecified atom stereocenters. The number of rotatable bonds is 2. The van der Waals surface area contributed by atoms with Crippen LogP contribution in [-0.4, -0.2) is 17.3 Å². The molecule has 1 saturated carbocycles. The van der Waals surface area contributed by atoms with Gasteiger partial charge in [-0.3, -0.25) is 4.79 Å². The normalized spacial score (nSPS) is 27.5. The predicted molar refractivity (Wildman–Crippen MR) is 67.1 cm³/mol. The Balaban J connectivity index is 2.33. The molecule has 0 aromatic rings. The van der Waals surface area contributed by atoms with Gasteiger partial charge in [0.05, 0.1) is 5.33 Å². The van der Waals surface area contributed by atoms with Crippen molar-refractivity contribution < 1.29 is 4.79 Å². The lowest BCUT2D eigenvalue weighted by Crippen LogP contribution is -2.39. The molecule has 1 aliphatic rings. The minimum absolute atomic E-state index is 0.120. The van der Waals surface area contributed by atoms with Gasteiger partial charge in [-0.15, -0.1) is 0 Å². The molecule has 88 valence electrons. The van der Waals surface area contributed by atoms with Crippen molar-refractivity contribution in [1.82, 2.24) is 5.32 Å². The van der Waals surface area contributed by atoms with Crippen LogP contribution in [0.15, 0.2) is 0 Å². The molecule has 1 N–H and O–H groups in total. The Morgan fingerprint density at radius 3 is 2.20 bits per heavy atom. The predicted octanol–water partition coefficient (Wildman–Crippen LogP) is 3.10. The molecule has 2 nitrogen and oxygen atoms in total. The summed E-state index contributed by atoms with van der Waals surface area (Å²) in [5.41, 5.74) is 0.421. The van der Waals surface area contributed by atoms with Gasteiger partial charge >= 0.3 is 0 Å². The maximum absolute atomic E-state index is 11.2. The third-order valence-corrected chi connectivity index (χ3v) is 3.95. The SMILES string of the molecule is CC(C)(C)C1CCC(NC(=O)CBr)CC1. The number of carbonyl (C=O) groups is 1. The van der Waals surface area contributed by atoms with Crippen molar-refractivity contribution in [3.8, 4) is 0 Å². The van der Waals surface area contributed by atoms with E-state index in [0.29, 0.717) is 16.8 Å². The van der Waals surface area contributed by atoms with Gasteiger partial charge in [-0.05, 0) is 37.0 Å². The highest BCUT2D eigenvalue weighted by atomic mass is 79.9. The third kappa shape index (κ3) is 4.13. The van der Waals surface area contributed by atoms with Gasteiger partial charge in [0, 0.05) is 6.04 Å². The van der Waals surface area contributed by atoms with Gasteiger partial charge in [-0.2, -0.15) is 0 Å². The van der Waals surface area contributed by atoms with E-state index in [4.69, 9.17) is 0 Å². The molecular weight excluding hydrogens is 254 g/mol. The maximum atomic E-state index is 11.2. The number of carbonyl (C=O) groups excluding carboxylic acids is 1. The van der Waals surface area contributed by atoms with E-state index in [2.05, 4.69) is 42.0 Å². The van der Waals surface area contributed by atoms with Crippen molar-refractivity contribution in [2.75, 3.05) is 5.33 Å². The molecule has 1 fully saturated rings. The summed E-state index contributed by atoms with van der Waals surface area (Å²) in [6.07, 6.45) is 4.77. The number of hydrogen-bond acceptors (Lipinski definition) is 1. The smallest absolute Gasteiger partial charge is 0.230 e. The first-order chi connectivity index (χ1) is 6.93. The Bertz CT molecular complexity index is 214. The highest BCUT2D eigenvalue weighted by Gasteiger charge is 2.29. The van der Waals surface area contributed by atoms with Gasteiger partial charge in [-0.25, -0.2) is 0 Å². The van der Waals surface area contributed by atoms with Crippen LogP contribution in [0, 0.1) is 11.3 Å². The fraction of sp³-hybridized carbons (Fsp3) is 0.917. The molecule has 0 saturated heterocycles. The molecule has 0 aromatic carbocycles. The monoisotopic (exact) mass is 275 g/mol. The van der Waals surface area contributed by atoms with E-state index in [1.54, 1.807) is 0 Å². The molecule has 1 rings (SSSR count). The molecule has 0 aromatic heterocycles. The van der Waals surface area contributed by atoms with Crippen LogP contribution < -0.4 is 5.32 Å². The highest BCUT2D eigenvalue weighted by Crippen LogP contribution is 2.37. The first kappa shape index (κ1) is 13.0. The quantitative estimate of drug-likeness (QED) is 0.771. The second kappa shape index (κ2) is 5.33. The largest absolute Gasteiger partial charge is 0.353 e. The van der Waals surface area contributed by atoms with Crippen molar-refractivity contribution >= 4 is 21.8 Å². The fourth-order valence-corrected chi connectivity index (χ4v) is 2.53. The van der Waals surface area contributed by atoms with Gasteiger partial charge < -0.3 is 5.32 Å². The number of alkyl halides is 1. The first-order valence-electron chi connectivity index (χ1n) is 5.79. The van der Waals surface area contributed by atoms with Crippen LogP contribution in [0.25, 0.3) is 0 Å². The summed E-state index contributed by atoms with van der Waals surface area (Å²) in [7, 11) is 0. The van der Waals surface area contributed by atoms with E-state index in [1.807, 2.05) is 0 Å². The molecule has 15 heavy (non-hydrogen) atoms. The average Bonchev–Trinajstić information content (AvgIpc) is 2.17. The van der Waals surface area contributed by atoms with Crippen molar-refractivity contribution in [3.05, 3.63) is 0 Å². The number of nitrogens with one attached hydrogen (secondary N) is 1. The van der Waals surface area contributed by atoms with Crippen molar-refractivity contribution in [3.63, 3.8) is 0 Å². The van der Waals surface area contributed by atoms with Crippen LogP contribution in [0.3, 0.4) is 0 Å². The fourth-order valence-electron chi connectivity index (χ4n) is 2.37. The lowest BCUT2D eigenvalue weighted by atomic mass is 9.71. The van der Waals surface area contributed by atoms with Crippen molar-refractivity contribution in [2.45, 2.75) is 52.5 Å². The van der Waals surface area contributed by atoms with Gasteiger partial charge in [0.1, 0.15) is 0 Å². The summed E-state index contributed by atoms with van der Waals surface area (Å²) in [5.74, 6) is 0.934. The molecule has 3 heteroatoms. The summed E-state index contributed by atoms with van der Waals surface area (Å²) in [6, 6.07) is 0.411. The van der Waals surface area contributed by atoms with Crippen LogP contribution in [0.5, 0.6) is 0 Å². The number of hydrogen-bond donors (Lipinski definition) is 1. The minimum Gasteiger partial charge on any atom is -0.353 e. The molecule has 0 atom stereocenters. The van der Waals surface area contributed by atoms with Gasteiger partial charge in [0.2, 0.25) is 5.91 Å². The molecule has 0 spiro atoms. The van der Waals surface area contributed by atoms with E-state index in [0.717, 1.165) is 18.8 Å². The van der Waals surface area contributed by atoms with Crippen LogP contribution >= 0.6 is 15.9 Å². The highest BCUT2D eigenvalue weighted by molar-refractivity contribution is 9.09. The zero-order valence-electron chi connectivity index (χ0n) is 9.98. The summed E-state index contributed by atoms with van der Waals surface area (Å²) in [5, 5.41) is 3.48. The van der Waals surface area contributed by atoms with E-state index in [-0.39, 0.29) is 5.91 Å². The molecule has 0 radical (unpaired) electrons. The Hall–Kier alpha value is -0.0500. The van der Waals surface area contributed by atoms with Gasteiger partial charge in [0.15, 0.2) is 0 Å². The van der Waals surface area contributed by atoms with Crippen molar-refractivity contribution in [1.29, 1.82) is 0 Å². The average molecular weight is 276 g/mol. The van der Waals surface area contributed by atoms with Crippen LogP contribution in [0.4, 0.5) is 0 Å². The lowest BCUT2D eigenvalue weighted by Gasteiger charge is -2.37. The molecule has 0 aliphatic heterocycles. The maximum Gasteiger partial charge on any atom is 0.230 e. The topological polar surface area (TPSA) is 29.1 Å². The number of halogens is 1. The summed E-state index contributed by atoms with van der Waals surface area (Å²) < 4.78 is 0. The van der Waals surface area contributed by atoms with Crippen LogP contribution in [-0.2, 0) is 4.79 Å². The lowest BCUT2D eigenvalue weighted by molar-refractivity contribution is -0.119. The number of amides is 1. The van der Waals surface area contributed by atoms with E-state index in [9.17, 15) is 4.79 Å². The van der Waals surface area contributed by atoms with Crippen LogP contribution in [0.2, 0.25) is 0 Å². The molecule has 0 heterocycles. The van der Waals surface area contributed by atoms with E-state index >= 15 is 0 Å². The zero-order chi connectivity index (χ0) is 11.5. The summed E-state index contributed by atoms with van der Waals surface area (Å²) >= 11 is 3.17. The van der Waals surface area contributed by atoms with Crippen LogP contribution in [0.1, 0.15) is 46.5 Å². The third-order valence-electron chi connectivity index (χ3n) is 3.44. The minimum atomic E-state index is 0.120. The molecule has 1 amide bonds. The molecular formula is C12H22BrNO. The zero-order valence-corrected chi connectivity index (χ0v) is 11.6. The Kier molecular flexibility index (Phi) is 4.63. The molecule has 0 bridgehead atoms. The summed E-state index contributed by atoms with van der Waals surface area (Å²) in [4.78, 5) is 11.2. The van der Waals surface area contributed by atoms with Gasteiger partial charge in [0.25, 0.3) is 0 Å². The Morgan fingerprint density at radius 1 is 1.27 bits per heavy atom. The van der Waals surface area contributed by atoms with Gasteiger partial charge in [-0.1, -0.05) is 36.7 Å². The first-order valence-corrected chi connectivity index (χ1v) is 6.91. The van der Waals surface area contributed by atoms with E-state index < -0.39 is 0 Å². The Labute approximate surface area is 101 Å². The summed E-state index contributed by atoms with van der Waals surface area (Å²) in [6.45, 7) is 6.94. The molecule has 1 aliphatic carbocycles. The second-order valence-electron chi connectivity index (χ2n) is 5.62. The van der Waals surface area contributed by atoms with Crippen molar-refractivity contribution in [2.24, 2.45) is 11.3 Å².